The molecule has 0 aliphatic rings. The molecule has 3 N–H and O–H groups in total. The van der Waals surface area contributed by atoms with Gasteiger partial charge in [-0.25, -0.2) is 0 Å². The lowest BCUT2D eigenvalue weighted by molar-refractivity contribution is 0.102. The molecule has 2 aromatic carbocycles. The van der Waals surface area contributed by atoms with Gasteiger partial charge in [0, 0.05) is 5.02 Å². The summed E-state index contributed by atoms with van der Waals surface area (Å²) in [5, 5.41) is 3.26. The molecule has 1 amide bonds. The fourth-order valence-corrected chi connectivity index (χ4v) is 2.17. The molecule has 0 heterocycles. The Morgan fingerprint density at radius 1 is 1.19 bits per heavy atom. The number of anilines is 2. The molecule has 110 valence electrons. The minimum atomic E-state index is -0.315. The van der Waals surface area contributed by atoms with E-state index in [1.165, 1.54) is 7.11 Å². The largest absolute Gasteiger partial charge is 0.496 e. The number of nitrogens with one attached hydrogen (secondary N) is 1. The number of ether oxygens (including phenoxy) is 1. The lowest BCUT2D eigenvalue weighted by Crippen LogP contribution is -2.14. The van der Waals surface area contributed by atoms with E-state index in [4.69, 9.17) is 22.1 Å². The molecule has 0 spiro atoms. The van der Waals surface area contributed by atoms with Crippen molar-refractivity contribution in [3.05, 3.63) is 52.0 Å². The van der Waals surface area contributed by atoms with Gasteiger partial charge in [0.15, 0.2) is 0 Å². The fraction of sp³-hybridized carbons (Fsp3) is 0.188. The van der Waals surface area contributed by atoms with E-state index >= 15 is 0 Å². The average molecular weight is 305 g/mol. The highest BCUT2D eigenvalue weighted by molar-refractivity contribution is 6.31. The molecule has 4 nitrogen and oxygen atoms in total. The summed E-state index contributed by atoms with van der Waals surface area (Å²) in [7, 11) is 1.50. The molecular formula is C16H17ClN2O2. The van der Waals surface area contributed by atoms with Crippen LogP contribution in [-0.4, -0.2) is 13.0 Å². The van der Waals surface area contributed by atoms with Crippen LogP contribution in [0.15, 0.2) is 30.3 Å². The standard InChI is InChI=1S/C16H17ClN2O2/c1-9-6-13(18)14(7-10(9)2)19-16(20)12-8-11(17)4-5-15(12)21-3/h4-8H,18H2,1-3H3,(H,19,20). The van der Waals surface area contributed by atoms with Crippen molar-refractivity contribution in [1.82, 2.24) is 0 Å². The van der Waals surface area contributed by atoms with Crippen molar-refractivity contribution in [3.8, 4) is 5.75 Å². The average Bonchev–Trinajstić information content (AvgIpc) is 2.44. The Kier molecular flexibility index (Phi) is 4.38. The number of nitrogens with two attached hydrogens (primary N) is 1. The minimum absolute atomic E-state index is 0.315. The maximum Gasteiger partial charge on any atom is 0.259 e. The normalized spacial score (nSPS) is 10.3. The summed E-state index contributed by atoms with van der Waals surface area (Å²) in [5.41, 5.74) is 9.53. The van der Waals surface area contributed by atoms with Gasteiger partial charge in [-0.3, -0.25) is 4.79 Å². The molecule has 0 unspecified atom stereocenters. The molecule has 0 aliphatic carbocycles. The van der Waals surface area contributed by atoms with Crippen molar-refractivity contribution in [2.75, 3.05) is 18.2 Å². The van der Waals surface area contributed by atoms with Crippen LogP contribution in [0, 0.1) is 13.8 Å². The van der Waals surface area contributed by atoms with E-state index in [9.17, 15) is 4.79 Å². The predicted octanol–water partition coefficient (Wildman–Crippen LogP) is 3.80. The minimum Gasteiger partial charge on any atom is -0.496 e. The van der Waals surface area contributed by atoms with Crippen molar-refractivity contribution in [1.29, 1.82) is 0 Å². The van der Waals surface area contributed by atoms with E-state index in [0.717, 1.165) is 11.1 Å². The third kappa shape index (κ3) is 3.28. The van der Waals surface area contributed by atoms with Gasteiger partial charge in [0.2, 0.25) is 0 Å². The summed E-state index contributed by atoms with van der Waals surface area (Å²) in [6, 6.07) is 8.56. The van der Waals surface area contributed by atoms with E-state index in [1.54, 1.807) is 18.2 Å². The van der Waals surface area contributed by atoms with Crippen LogP contribution < -0.4 is 15.8 Å². The number of rotatable bonds is 3. The molecular weight excluding hydrogens is 288 g/mol. The molecule has 0 aromatic heterocycles. The first-order valence-corrected chi connectivity index (χ1v) is 6.81. The number of benzene rings is 2. The molecule has 0 bridgehead atoms. The van der Waals surface area contributed by atoms with Crippen molar-refractivity contribution >= 4 is 28.9 Å². The maximum atomic E-state index is 12.4. The summed E-state index contributed by atoms with van der Waals surface area (Å²) in [6.07, 6.45) is 0. The number of amides is 1. The molecule has 0 atom stereocenters. The zero-order chi connectivity index (χ0) is 15.6. The Bertz CT molecular complexity index is 699. The highest BCUT2D eigenvalue weighted by Crippen LogP contribution is 2.27. The second-order valence-electron chi connectivity index (χ2n) is 4.82. The van der Waals surface area contributed by atoms with Crippen molar-refractivity contribution in [2.45, 2.75) is 13.8 Å². The van der Waals surface area contributed by atoms with Crippen LogP contribution in [-0.2, 0) is 0 Å². The van der Waals surface area contributed by atoms with Gasteiger partial charge in [-0.2, -0.15) is 0 Å². The molecule has 2 aromatic rings. The topological polar surface area (TPSA) is 64.3 Å². The summed E-state index contributed by atoms with van der Waals surface area (Å²) >= 11 is 5.94. The number of aryl methyl sites for hydroxylation is 2. The van der Waals surface area contributed by atoms with Crippen LogP contribution in [0.4, 0.5) is 11.4 Å². The van der Waals surface area contributed by atoms with Crippen LogP contribution in [0.3, 0.4) is 0 Å². The summed E-state index contributed by atoms with van der Waals surface area (Å²) in [6.45, 7) is 3.93. The SMILES string of the molecule is COc1ccc(Cl)cc1C(=O)Nc1cc(C)c(C)cc1N. The Morgan fingerprint density at radius 3 is 2.52 bits per heavy atom. The van der Waals surface area contributed by atoms with Crippen LogP contribution >= 0.6 is 11.6 Å². The van der Waals surface area contributed by atoms with E-state index < -0.39 is 0 Å². The van der Waals surface area contributed by atoms with E-state index in [0.29, 0.717) is 27.7 Å². The van der Waals surface area contributed by atoms with Gasteiger partial charge in [-0.15, -0.1) is 0 Å². The number of halogens is 1. The van der Waals surface area contributed by atoms with Crippen LogP contribution in [0.25, 0.3) is 0 Å². The van der Waals surface area contributed by atoms with E-state index in [2.05, 4.69) is 5.32 Å². The first kappa shape index (κ1) is 15.2. The highest BCUT2D eigenvalue weighted by Gasteiger charge is 2.14. The van der Waals surface area contributed by atoms with E-state index in [1.807, 2.05) is 26.0 Å². The lowest BCUT2D eigenvalue weighted by atomic mass is 10.1. The van der Waals surface area contributed by atoms with Gasteiger partial charge in [0.25, 0.3) is 5.91 Å². The lowest BCUT2D eigenvalue weighted by Gasteiger charge is -2.13. The fourth-order valence-electron chi connectivity index (χ4n) is 1.99. The quantitative estimate of drug-likeness (QED) is 0.848. The number of carbonyl (C=O) groups excluding carboxylic acids is 1. The molecule has 0 saturated heterocycles. The molecule has 0 aliphatic heterocycles. The van der Waals surface area contributed by atoms with Gasteiger partial charge in [0.1, 0.15) is 5.75 Å². The van der Waals surface area contributed by atoms with Crippen molar-refractivity contribution < 1.29 is 9.53 Å². The van der Waals surface area contributed by atoms with E-state index in [-0.39, 0.29) is 5.91 Å². The second-order valence-corrected chi connectivity index (χ2v) is 5.26. The number of carbonyl (C=O) groups is 1. The second kappa shape index (κ2) is 6.06. The first-order chi connectivity index (χ1) is 9.92. The maximum absolute atomic E-state index is 12.4. The molecule has 21 heavy (non-hydrogen) atoms. The van der Waals surface area contributed by atoms with Crippen LogP contribution in [0.5, 0.6) is 5.75 Å². The van der Waals surface area contributed by atoms with Crippen LogP contribution in [0.1, 0.15) is 21.5 Å². The predicted molar refractivity (Wildman–Crippen MR) is 86.3 cm³/mol. The van der Waals surface area contributed by atoms with Crippen molar-refractivity contribution in [2.24, 2.45) is 0 Å². The summed E-state index contributed by atoms with van der Waals surface area (Å²) in [5.74, 6) is 0.142. The summed E-state index contributed by atoms with van der Waals surface area (Å²) in [4.78, 5) is 12.4. The number of hydrogen-bond acceptors (Lipinski definition) is 3. The Balaban J connectivity index is 2.34. The zero-order valence-corrected chi connectivity index (χ0v) is 12.9. The monoisotopic (exact) mass is 304 g/mol. The van der Waals surface area contributed by atoms with Gasteiger partial charge >= 0.3 is 0 Å². The Morgan fingerprint density at radius 2 is 1.86 bits per heavy atom. The van der Waals surface area contributed by atoms with Gasteiger partial charge < -0.3 is 15.8 Å². The Hall–Kier alpha value is -2.20. The third-order valence-electron chi connectivity index (χ3n) is 3.32. The number of nitrogen functional groups attached to an aromatic ring is 1. The zero-order valence-electron chi connectivity index (χ0n) is 12.2. The number of hydrogen-bond donors (Lipinski definition) is 2. The smallest absolute Gasteiger partial charge is 0.259 e. The van der Waals surface area contributed by atoms with Crippen molar-refractivity contribution in [3.63, 3.8) is 0 Å². The van der Waals surface area contributed by atoms with Gasteiger partial charge in [-0.05, 0) is 55.3 Å². The van der Waals surface area contributed by atoms with Crippen LogP contribution in [0.2, 0.25) is 5.02 Å². The van der Waals surface area contributed by atoms with Gasteiger partial charge in [-0.1, -0.05) is 11.6 Å². The summed E-state index contributed by atoms with van der Waals surface area (Å²) < 4.78 is 5.18. The molecule has 5 heteroatoms. The molecule has 2 rings (SSSR count). The molecule has 0 fully saturated rings. The first-order valence-electron chi connectivity index (χ1n) is 6.44. The van der Waals surface area contributed by atoms with Gasteiger partial charge in [0.05, 0.1) is 24.0 Å². The molecule has 0 radical (unpaired) electrons. The third-order valence-corrected chi connectivity index (χ3v) is 3.56. The molecule has 0 saturated carbocycles. The Labute approximate surface area is 128 Å². The number of methoxy groups -OCH3 is 1. The highest BCUT2D eigenvalue weighted by atomic mass is 35.5.